The van der Waals surface area contributed by atoms with Gasteiger partial charge in [-0.05, 0) is 49.7 Å². The lowest BCUT2D eigenvalue weighted by atomic mass is 10.2. The number of aromatic nitrogens is 1. The first-order valence-electron chi connectivity index (χ1n) is 8.80. The molecule has 0 saturated carbocycles. The molecule has 0 unspecified atom stereocenters. The maximum absolute atomic E-state index is 12.0. The molecule has 0 radical (unpaired) electrons. The minimum atomic E-state index is -0.646. The zero-order valence-electron chi connectivity index (χ0n) is 16.4. The lowest BCUT2D eigenvalue weighted by molar-refractivity contribution is -0.135. The molecule has 0 spiro atoms. The smallest absolute Gasteiger partial charge is 0.272 e. The number of rotatable bonds is 8. The zero-order chi connectivity index (χ0) is 20.5. The average Bonchev–Trinajstić information content (AvgIpc) is 2.69. The van der Waals surface area contributed by atoms with Gasteiger partial charge < -0.3 is 14.4 Å². The molecule has 2 amide bonds. The summed E-state index contributed by atoms with van der Waals surface area (Å²) in [6.45, 7) is 3.97. The summed E-state index contributed by atoms with van der Waals surface area (Å²) >= 11 is 0. The Morgan fingerprint density at radius 3 is 2.71 bits per heavy atom. The number of carbonyl (C=O) groups excluding carboxylic acids is 2. The van der Waals surface area contributed by atoms with E-state index in [2.05, 4.69) is 15.5 Å². The van der Waals surface area contributed by atoms with E-state index in [9.17, 15) is 9.59 Å². The molecule has 2 aromatic rings. The molecule has 1 aromatic carbocycles. The highest BCUT2D eigenvalue weighted by molar-refractivity contribution is 5.94. The van der Waals surface area contributed by atoms with Gasteiger partial charge in [0.15, 0.2) is 17.6 Å². The summed E-state index contributed by atoms with van der Waals surface area (Å²) in [5, 5.41) is 3.95. The van der Waals surface area contributed by atoms with E-state index in [0.29, 0.717) is 29.2 Å². The zero-order valence-corrected chi connectivity index (χ0v) is 16.4. The first-order valence-corrected chi connectivity index (χ1v) is 8.80. The minimum Gasteiger partial charge on any atom is -0.490 e. The second-order valence-electron chi connectivity index (χ2n) is 6.07. The number of carbonyl (C=O) groups is 2. The van der Waals surface area contributed by atoms with Gasteiger partial charge in [0.25, 0.3) is 11.8 Å². The Kier molecular flexibility index (Phi) is 7.50. The van der Waals surface area contributed by atoms with Crippen LogP contribution in [0.15, 0.2) is 47.8 Å². The fourth-order valence-corrected chi connectivity index (χ4v) is 2.30. The van der Waals surface area contributed by atoms with E-state index in [-0.39, 0.29) is 11.8 Å². The van der Waals surface area contributed by atoms with Crippen molar-refractivity contribution in [3.8, 4) is 11.5 Å². The summed E-state index contributed by atoms with van der Waals surface area (Å²) < 4.78 is 11.3. The number of nitrogens with one attached hydrogen (secondary N) is 1. The van der Waals surface area contributed by atoms with Crippen LogP contribution in [0.5, 0.6) is 11.5 Å². The molecule has 8 nitrogen and oxygen atoms in total. The third kappa shape index (κ3) is 5.80. The number of amides is 2. The number of hydrogen-bond donors (Lipinski definition) is 1. The molecule has 1 N–H and O–H groups in total. The Labute approximate surface area is 164 Å². The molecule has 0 aliphatic rings. The predicted octanol–water partition coefficient (Wildman–Crippen LogP) is 2.10. The van der Waals surface area contributed by atoms with Crippen LogP contribution in [0.3, 0.4) is 0 Å². The average molecular weight is 384 g/mol. The van der Waals surface area contributed by atoms with Crippen molar-refractivity contribution in [3.05, 3.63) is 53.9 Å². The number of benzene rings is 1. The summed E-state index contributed by atoms with van der Waals surface area (Å²) in [5.74, 6) is 0.445. The molecule has 1 heterocycles. The van der Waals surface area contributed by atoms with Gasteiger partial charge in [0.2, 0.25) is 0 Å². The van der Waals surface area contributed by atoms with Crippen LogP contribution in [0.4, 0.5) is 0 Å². The molecule has 28 heavy (non-hydrogen) atoms. The predicted molar refractivity (Wildman–Crippen MR) is 106 cm³/mol. The van der Waals surface area contributed by atoms with Crippen molar-refractivity contribution in [2.45, 2.75) is 20.0 Å². The highest BCUT2D eigenvalue weighted by atomic mass is 16.5. The summed E-state index contributed by atoms with van der Waals surface area (Å²) in [7, 11) is 3.34. The van der Waals surface area contributed by atoms with Gasteiger partial charge in [-0.3, -0.25) is 14.6 Å². The van der Waals surface area contributed by atoms with Crippen molar-refractivity contribution < 1.29 is 19.1 Å². The molecule has 0 aliphatic heterocycles. The van der Waals surface area contributed by atoms with Gasteiger partial charge in [-0.2, -0.15) is 5.10 Å². The molecule has 148 valence electrons. The van der Waals surface area contributed by atoms with Crippen LogP contribution < -0.4 is 14.9 Å². The van der Waals surface area contributed by atoms with Crippen molar-refractivity contribution >= 4 is 18.0 Å². The third-order valence-electron chi connectivity index (χ3n) is 3.66. The number of ether oxygens (including phenoxy) is 2. The topological polar surface area (TPSA) is 93.1 Å². The van der Waals surface area contributed by atoms with Crippen LogP contribution in [0.2, 0.25) is 0 Å². The third-order valence-corrected chi connectivity index (χ3v) is 3.66. The second-order valence-corrected chi connectivity index (χ2v) is 6.07. The maximum Gasteiger partial charge on any atom is 0.272 e. The van der Waals surface area contributed by atoms with Gasteiger partial charge in [-0.15, -0.1) is 0 Å². The normalized spacial score (nSPS) is 11.7. The van der Waals surface area contributed by atoms with Crippen LogP contribution in [0.25, 0.3) is 0 Å². The largest absolute Gasteiger partial charge is 0.490 e. The van der Waals surface area contributed by atoms with Crippen molar-refractivity contribution in [2.24, 2.45) is 5.10 Å². The molecule has 0 fully saturated rings. The van der Waals surface area contributed by atoms with E-state index < -0.39 is 6.10 Å². The highest BCUT2D eigenvalue weighted by Crippen LogP contribution is 2.29. The first-order chi connectivity index (χ1) is 13.4. The monoisotopic (exact) mass is 384 g/mol. The number of hydrogen-bond acceptors (Lipinski definition) is 6. The Bertz CT molecular complexity index is 837. The van der Waals surface area contributed by atoms with Crippen LogP contribution in [0, 0.1) is 0 Å². The maximum atomic E-state index is 12.0. The van der Waals surface area contributed by atoms with Crippen LogP contribution in [0.1, 0.15) is 29.8 Å². The Morgan fingerprint density at radius 1 is 1.29 bits per heavy atom. The van der Waals surface area contributed by atoms with Crippen LogP contribution in [-0.4, -0.2) is 54.7 Å². The SMILES string of the molecule is CCOc1cc(/C=N\NC(=O)c2cccnc2)ccc1O[C@H](C)C(=O)N(C)C. The molecular weight excluding hydrogens is 360 g/mol. The van der Waals surface area contributed by atoms with E-state index in [0.717, 1.165) is 0 Å². The van der Waals surface area contributed by atoms with E-state index in [4.69, 9.17) is 9.47 Å². The molecule has 0 saturated heterocycles. The van der Waals surface area contributed by atoms with E-state index >= 15 is 0 Å². The highest BCUT2D eigenvalue weighted by Gasteiger charge is 2.18. The Hall–Kier alpha value is -3.42. The van der Waals surface area contributed by atoms with Gasteiger partial charge in [0, 0.05) is 26.5 Å². The Balaban J connectivity index is 2.08. The first kappa shape index (κ1) is 20.9. The molecule has 0 aliphatic carbocycles. The minimum absolute atomic E-state index is 0.147. The fraction of sp³-hybridized carbons (Fsp3) is 0.300. The van der Waals surface area contributed by atoms with Crippen LogP contribution >= 0.6 is 0 Å². The van der Waals surface area contributed by atoms with Crippen LogP contribution in [-0.2, 0) is 4.79 Å². The summed E-state index contributed by atoms with van der Waals surface area (Å²) in [6, 6.07) is 8.51. The quantitative estimate of drug-likeness (QED) is 0.556. The standard InChI is InChI=1S/C20H24N4O4/c1-5-27-18-11-15(8-9-17(18)28-14(2)20(26)24(3)4)12-22-23-19(25)16-7-6-10-21-13-16/h6-14H,5H2,1-4H3,(H,23,25)/b22-12-/t14-/m1/s1. The number of likely N-dealkylation sites (N-methyl/N-ethyl adjacent to an activating group) is 1. The number of pyridine rings is 1. The molecule has 8 heteroatoms. The molecule has 2 rings (SSSR count). The lowest BCUT2D eigenvalue weighted by Crippen LogP contribution is -2.35. The molecule has 1 atom stereocenters. The van der Waals surface area contributed by atoms with Gasteiger partial charge in [0.05, 0.1) is 18.4 Å². The Morgan fingerprint density at radius 2 is 2.07 bits per heavy atom. The fourth-order valence-electron chi connectivity index (χ4n) is 2.30. The molecule has 0 bridgehead atoms. The molecule has 1 aromatic heterocycles. The van der Waals surface area contributed by atoms with E-state index in [1.807, 2.05) is 6.92 Å². The van der Waals surface area contributed by atoms with E-state index in [1.165, 1.54) is 17.3 Å². The molecular formula is C20H24N4O4. The van der Waals surface area contributed by atoms with E-state index in [1.54, 1.807) is 57.5 Å². The van der Waals surface area contributed by atoms with Crippen molar-refractivity contribution in [3.63, 3.8) is 0 Å². The van der Waals surface area contributed by atoms with Gasteiger partial charge in [0.1, 0.15) is 0 Å². The second kappa shape index (κ2) is 10.1. The number of hydrazone groups is 1. The summed E-state index contributed by atoms with van der Waals surface area (Å²) in [5.41, 5.74) is 3.56. The van der Waals surface area contributed by atoms with Crippen molar-refractivity contribution in [1.29, 1.82) is 0 Å². The van der Waals surface area contributed by atoms with Crippen molar-refractivity contribution in [2.75, 3.05) is 20.7 Å². The summed E-state index contributed by atoms with van der Waals surface area (Å²) in [6.07, 6.45) is 3.90. The van der Waals surface area contributed by atoms with Crippen molar-refractivity contribution in [1.82, 2.24) is 15.3 Å². The number of nitrogens with zero attached hydrogens (tertiary/aromatic N) is 3. The lowest BCUT2D eigenvalue weighted by Gasteiger charge is -2.20. The summed E-state index contributed by atoms with van der Waals surface area (Å²) in [4.78, 5) is 29.3. The van der Waals surface area contributed by atoms with Gasteiger partial charge in [-0.1, -0.05) is 0 Å². The van der Waals surface area contributed by atoms with Gasteiger partial charge >= 0.3 is 0 Å². The van der Waals surface area contributed by atoms with Gasteiger partial charge in [-0.25, -0.2) is 5.43 Å².